The number of hydrogen-bond donors (Lipinski definition) is 1. The van der Waals surface area contributed by atoms with Gasteiger partial charge in [-0.25, -0.2) is 0 Å². The minimum atomic E-state index is 0.292. The molecular weight excluding hydrogens is 294 g/mol. The molecule has 18 heavy (non-hydrogen) atoms. The second kappa shape index (κ2) is 7.77. The fourth-order valence-electron chi connectivity index (χ4n) is 1.76. The molecule has 0 saturated carbocycles. The largest absolute Gasteiger partial charge is 0.383 e. The Bertz CT molecular complexity index is 369. The van der Waals surface area contributed by atoms with Crippen molar-refractivity contribution in [3.05, 3.63) is 28.2 Å². The van der Waals surface area contributed by atoms with Crippen LogP contribution in [0.4, 0.5) is 5.69 Å². The van der Waals surface area contributed by atoms with E-state index in [0.29, 0.717) is 25.2 Å². The molecule has 1 atom stereocenters. The van der Waals surface area contributed by atoms with Crippen LogP contribution in [-0.2, 0) is 16.1 Å². The molecule has 1 aromatic rings. The summed E-state index contributed by atoms with van der Waals surface area (Å²) < 4.78 is 11.6. The van der Waals surface area contributed by atoms with Gasteiger partial charge in [0.1, 0.15) is 0 Å². The lowest BCUT2D eigenvalue weighted by molar-refractivity contribution is 0.170. The predicted molar refractivity (Wildman–Crippen MR) is 79.0 cm³/mol. The first-order valence-corrected chi connectivity index (χ1v) is 6.91. The molecule has 0 bridgehead atoms. The van der Waals surface area contributed by atoms with Gasteiger partial charge in [-0.1, -0.05) is 35.8 Å². The number of halogens is 1. The number of nitrogens with one attached hydrogen (secondary N) is 1. The Morgan fingerprint density at radius 3 is 2.50 bits per heavy atom. The molecule has 0 fully saturated rings. The second-order valence-corrected chi connectivity index (χ2v) is 5.50. The first kappa shape index (κ1) is 15.5. The standard InChI is InChI=1S/C14H22BrNO2/c1-10(2)14(9-18-4)16-13-7-5-6-12(15)11(13)8-17-3/h5-7,10,14,16H,8-9H2,1-4H3. The summed E-state index contributed by atoms with van der Waals surface area (Å²) in [6.45, 7) is 5.65. The Morgan fingerprint density at radius 1 is 1.22 bits per heavy atom. The highest BCUT2D eigenvalue weighted by molar-refractivity contribution is 9.10. The third-order valence-electron chi connectivity index (χ3n) is 2.90. The van der Waals surface area contributed by atoms with E-state index in [2.05, 4.69) is 41.2 Å². The van der Waals surface area contributed by atoms with Gasteiger partial charge in [0.05, 0.1) is 19.3 Å². The van der Waals surface area contributed by atoms with Gasteiger partial charge in [-0.3, -0.25) is 0 Å². The molecule has 0 heterocycles. The molecular formula is C14H22BrNO2. The van der Waals surface area contributed by atoms with E-state index in [4.69, 9.17) is 9.47 Å². The maximum Gasteiger partial charge on any atom is 0.0744 e. The summed E-state index contributed by atoms with van der Waals surface area (Å²) in [6.07, 6.45) is 0. The molecule has 0 aromatic heterocycles. The van der Waals surface area contributed by atoms with Crippen LogP contribution in [0.5, 0.6) is 0 Å². The fourth-order valence-corrected chi connectivity index (χ4v) is 2.25. The van der Waals surface area contributed by atoms with E-state index >= 15 is 0 Å². The third-order valence-corrected chi connectivity index (χ3v) is 3.64. The third kappa shape index (κ3) is 4.26. The van der Waals surface area contributed by atoms with Crippen LogP contribution in [-0.4, -0.2) is 26.9 Å². The molecule has 1 rings (SSSR count). The zero-order valence-electron chi connectivity index (χ0n) is 11.5. The van der Waals surface area contributed by atoms with Gasteiger partial charge in [0.2, 0.25) is 0 Å². The Kier molecular flexibility index (Phi) is 6.68. The average molecular weight is 316 g/mol. The van der Waals surface area contributed by atoms with Crippen molar-refractivity contribution in [1.29, 1.82) is 0 Å². The zero-order valence-corrected chi connectivity index (χ0v) is 13.1. The molecule has 0 amide bonds. The maximum absolute atomic E-state index is 5.26. The van der Waals surface area contributed by atoms with Crippen LogP contribution < -0.4 is 5.32 Å². The number of methoxy groups -OCH3 is 2. The van der Waals surface area contributed by atoms with Crippen LogP contribution >= 0.6 is 15.9 Å². The maximum atomic E-state index is 5.26. The SMILES string of the molecule is COCc1c(Br)cccc1NC(COC)C(C)C. The van der Waals surface area contributed by atoms with Gasteiger partial charge in [0.25, 0.3) is 0 Å². The van der Waals surface area contributed by atoms with Gasteiger partial charge < -0.3 is 14.8 Å². The van der Waals surface area contributed by atoms with Gasteiger partial charge in [0.15, 0.2) is 0 Å². The van der Waals surface area contributed by atoms with Crippen LogP contribution in [0.2, 0.25) is 0 Å². The van der Waals surface area contributed by atoms with E-state index < -0.39 is 0 Å². The van der Waals surface area contributed by atoms with E-state index in [0.717, 1.165) is 15.7 Å². The van der Waals surface area contributed by atoms with Crippen LogP contribution in [0.25, 0.3) is 0 Å². The Balaban J connectivity index is 2.90. The quantitative estimate of drug-likeness (QED) is 0.832. The molecule has 102 valence electrons. The minimum Gasteiger partial charge on any atom is -0.383 e. The smallest absolute Gasteiger partial charge is 0.0744 e. The minimum absolute atomic E-state index is 0.292. The number of anilines is 1. The highest BCUT2D eigenvalue weighted by Crippen LogP contribution is 2.27. The van der Waals surface area contributed by atoms with E-state index in [1.807, 2.05) is 12.1 Å². The normalized spacial score (nSPS) is 12.8. The monoisotopic (exact) mass is 315 g/mol. The van der Waals surface area contributed by atoms with Crippen molar-refractivity contribution in [3.8, 4) is 0 Å². The first-order valence-electron chi connectivity index (χ1n) is 6.12. The lowest BCUT2D eigenvalue weighted by atomic mass is 10.0. The molecule has 1 aromatic carbocycles. The second-order valence-electron chi connectivity index (χ2n) is 4.65. The van der Waals surface area contributed by atoms with Crippen LogP contribution in [0.1, 0.15) is 19.4 Å². The molecule has 1 unspecified atom stereocenters. The van der Waals surface area contributed by atoms with E-state index in [1.54, 1.807) is 14.2 Å². The Hall–Kier alpha value is -0.580. The van der Waals surface area contributed by atoms with Crippen LogP contribution in [0, 0.1) is 5.92 Å². The fraction of sp³-hybridized carbons (Fsp3) is 0.571. The average Bonchev–Trinajstić information content (AvgIpc) is 2.32. The lowest BCUT2D eigenvalue weighted by Crippen LogP contribution is -2.30. The molecule has 1 N–H and O–H groups in total. The number of ether oxygens (including phenoxy) is 2. The number of hydrogen-bond acceptors (Lipinski definition) is 3. The van der Waals surface area contributed by atoms with Crippen molar-refractivity contribution < 1.29 is 9.47 Å². The van der Waals surface area contributed by atoms with Crippen molar-refractivity contribution in [3.63, 3.8) is 0 Å². The molecule has 3 nitrogen and oxygen atoms in total. The van der Waals surface area contributed by atoms with Crippen molar-refractivity contribution in [2.75, 3.05) is 26.1 Å². The van der Waals surface area contributed by atoms with Crippen molar-refractivity contribution in [2.24, 2.45) is 5.92 Å². The molecule has 0 aliphatic heterocycles. The predicted octanol–water partition coefficient (Wildman–Crippen LogP) is 3.68. The molecule has 4 heteroatoms. The Labute approximate surface area is 118 Å². The Morgan fingerprint density at radius 2 is 1.94 bits per heavy atom. The summed E-state index contributed by atoms with van der Waals surface area (Å²) in [4.78, 5) is 0. The highest BCUT2D eigenvalue weighted by atomic mass is 79.9. The topological polar surface area (TPSA) is 30.5 Å². The van der Waals surface area contributed by atoms with Crippen LogP contribution in [0.15, 0.2) is 22.7 Å². The first-order chi connectivity index (χ1) is 8.60. The summed E-state index contributed by atoms with van der Waals surface area (Å²) >= 11 is 3.56. The summed E-state index contributed by atoms with van der Waals surface area (Å²) in [7, 11) is 3.44. The number of benzene rings is 1. The van der Waals surface area contributed by atoms with E-state index in [9.17, 15) is 0 Å². The lowest BCUT2D eigenvalue weighted by Gasteiger charge is -2.24. The van der Waals surface area contributed by atoms with Gasteiger partial charge in [-0.2, -0.15) is 0 Å². The van der Waals surface area contributed by atoms with Crippen LogP contribution in [0.3, 0.4) is 0 Å². The number of rotatable bonds is 7. The van der Waals surface area contributed by atoms with Crippen molar-refractivity contribution in [1.82, 2.24) is 0 Å². The highest BCUT2D eigenvalue weighted by Gasteiger charge is 2.15. The summed E-state index contributed by atoms with van der Waals surface area (Å²) in [5.74, 6) is 0.499. The van der Waals surface area contributed by atoms with E-state index in [1.165, 1.54) is 0 Å². The summed E-state index contributed by atoms with van der Waals surface area (Å²) in [5, 5.41) is 3.54. The van der Waals surface area contributed by atoms with Gasteiger partial charge in [-0.05, 0) is 18.1 Å². The summed E-state index contributed by atoms with van der Waals surface area (Å²) in [5.41, 5.74) is 2.24. The molecule has 0 saturated heterocycles. The van der Waals surface area contributed by atoms with Crippen molar-refractivity contribution in [2.45, 2.75) is 26.5 Å². The zero-order chi connectivity index (χ0) is 13.5. The molecule has 0 aliphatic carbocycles. The molecule has 0 spiro atoms. The van der Waals surface area contributed by atoms with Crippen molar-refractivity contribution >= 4 is 21.6 Å². The molecule has 0 aliphatic rings. The summed E-state index contributed by atoms with van der Waals surface area (Å²) in [6, 6.07) is 6.42. The van der Waals surface area contributed by atoms with E-state index in [-0.39, 0.29) is 0 Å². The van der Waals surface area contributed by atoms with Gasteiger partial charge in [-0.15, -0.1) is 0 Å². The van der Waals surface area contributed by atoms with Gasteiger partial charge in [0, 0.05) is 29.9 Å². The van der Waals surface area contributed by atoms with Gasteiger partial charge >= 0.3 is 0 Å². The molecule has 0 radical (unpaired) electrons.